The Kier molecular flexibility index (Phi) is 7.05. The van der Waals surface area contributed by atoms with E-state index in [0.29, 0.717) is 4.34 Å². The van der Waals surface area contributed by atoms with Crippen LogP contribution in [0.15, 0.2) is 52.9 Å². The minimum Gasteiger partial charge on any atom is -0.325 e. The number of rotatable bonds is 7. The molecule has 2 aromatic carbocycles. The quantitative estimate of drug-likeness (QED) is 0.220. The van der Waals surface area contributed by atoms with E-state index in [1.807, 2.05) is 0 Å². The van der Waals surface area contributed by atoms with E-state index < -0.39 is 28.5 Å². The van der Waals surface area contributed by atoms with Gasteiger partial charge in [-0.2, -0.15) is 13.2 Å². The lowest BCUT2D eigenvalue weighted by Gasteiger charge is -2.13. The minimum atomic E-state index is -4.60. The molecular weight excluding hydrogens is 471 g/mol. The van der Waals surface area contributed by atoms with Gasteiger partial charge in [0.1, 0.15) is 0 Å². The normalized spacial score (nSPS) is 11.1. The number of amides is 2. The molecule has 0 aliphatic carbocycles. The van der Waals surface area contributed by atoms with Crippen LogP contribution in [-0.4, -0.2) is 32.7 Å². The third-order valence-electron chi connectivity index (χ3n) is 3.80. The number of nitrogens with one attached hydrogen (secondary N) is 2. The fraction of sp³-hybridized carbons (Fsp3) is 0.111. The zero-order chi connectivity index (χ0) is 23.3. The molecule has 0 bridgehead atoms. The van der Waals surface area contributed by atoms with Crippen LogP contribution in [0.3, 0.4) is 0 Å². The van der Waals surface area contributed by atoms with Crippen LogP contribution in [0, 0.1) is 10.1 Å². The lowest BCUT2D eigenvalue weighted by molar-refractivity contribution is -0.384. The molecule has 14 heteroatoms. The number of hydrogen-bond acceptors (Lipinski definition) is 8. The number of benzene rings is 2. The Morgan fingerprint density at radius 3 is 2.41 bits per heavy atom. The summed E-state index contributed by atoms with van der Waals surface area (Å²) < 4.78 is 39.3. The molecule has 1 heterocycles. The smallest absolute Gasteiger partial charge is 0.325 e. The Bertz CT molecular complexity index is 1150. The summed E-state index contributed by atoms with van der Waals surface area (Å²) in [5.74, 6) is -1.45. The maximum Gasteiger partial charge on any atom is 0.418 e. The second kappa shape index (κ2) is 9.74. The van der Waals surface area contributed by atoms with Gasteiger partial charge in [0.05, 0.1) is 21.9 Å². The SMILES string of the molecule is O=C(CSc1nnc(NC(=O)c2ccc([N+](=O)[O-])cc2)s1)Nc1ccccc1C(F)(F)F. The predicted molar refractivity (Wildman–Crippen MR) is 112 cm³/mol. The van der Waals surface area contributed by atoms with Crippen LogP contribution < -0.4 is 10.6 Å². The van der Waals surface area contributed by atoms with Crippen LogP contribution in [0.2, 0.25) is 0 Å². The van der Waals surface area contributed by atoms with Crippen molar-refractivity contribution in [2.24, 2.45) is 0 Å². The van der Waals surface area contributed by atoms with Crippen molar-refractivity contribution in [2.45, 2.75) is 10.5 Å². The average molecular weight is 483 g/mol. The molecular formula is C18H12F3N5O4S2. The van der Waals surface area contributed by atoms with Crippen LogP contribution in [0.5, 0.6) is 0 Å². The summed E-state index contributed by atoms with van der Waals surface area (Å²) in [7, 11) is 0. The van der Waals surface area contributed by atoms with Gasteiger partial charge >= 0.3 is 6.18 Å². The number of aromatic nitrogens is 2. The lowest BCUT2D eigenvalue weighted by atomic mass is 10.1. The van der Waals surface area contributed by atoms with Gasteiger partial charge in [0.15, 0.2) is 4.34 Å². The Morgan fingerprint density at radius 2 is 1.75 bits per heavy atom. The first-order chi connectivity index (χ1) is 15.1. The highest BCUT2D eigenvalue weighted by Gasteiger charge is 2.33. The van der Waals surface area contributed by atoms with Crippen molar-refractivity contribution in [1.82, 2.24) is 10.2 Å². The number of para-hydroxylation sites is 1. The fourth-order valence-electron chi connectivity index (χ4n) is 2.38. The third-order valence-corrected chi connectivity index (χ3v) is 5.77. The predicted octanol–water partition coefficient (Wildman–Crippen LogP) is 4.45. The number of nitrogens with zero attached hydrogens (tertiary/aromatic N) is 3. The molecule has 0 radical (unpaired) electrons. The number of hydrogen-bond donors (Lipinski definition) is 2. The second-order valence-corrected chi connectivity index (χ2v) is 8.21. The van der Waals surface area contributed by atoms with Crippen molar-refractivity contribution in [3.8, 4) is 0 Å². The van der Waals surface area contributed by atoms with Crippen LogP contribution in [-0.2, 0) is 11.0 Å². The summed E-state index contributed by atoms with van der Waals surface area (Å²) in [5, 5.41) is 23.0. The van der Waals surface area contributed by atoms with Crippen molar-refractivity contribution >= 4 is 51.4 Å². The number of halogens is 3. The van der Waals surface area contributed by atoms with E-state index in [4.69, 9.17) is 0 Å². The molecule has 0 aliphatic rings. The molecule has 32 heavy (non-hydrogen) atoms. The number of non-ortho nitro benzene ring substituents is 1. The van der Waals surface area contributed by atoms with E-state index in [-0.39, 0.29) is 27.8 Å². The van der Waals surface area contributed by atoms with Crippen molar-refractivity contribution in [3.05, 3.63) is 69.8 Å². The first-order valence-electron chi connectivity index (χ1n) is 8.61. The fourth-order valence-corrected chi connectivity index (χ4v) is 3.92. The van der Waals surface area contributed by atoms with E-state index in [9.17, 15) is 32.9 Å². The van der Waals surface area contributed by atoms with Crippen molar-refractivity contribution in [3.63, 3.8) is 0 Å². The zero-order valence-electron chi connectivity index (χ0n) is 15.8. The molecule has 0 fully saturated rings. The minimum absolute atomic E-state index is 0.124. The van der Waals surface area contributed by atoms with Gasteiger partial charge in [-0.15, -0.1) is 10.2 Å². The maximum absolute atomic E-state index is 13.0. The number of nitro benzene ring substituents is 1. The Hall–Kier alpha value is -3.52. The largest absolute Gasteiger partial charge is 0.418 e. The molecule has 3 aromatic rings. The number of alkyl halides is 3. The summed E-state index contributed by atoms with van der Waals surface area (Å²) in [4.78, 5) is 34.3. The zero-order valence-corrected chi connectivity index (χ0v) is 17.4. The van der Waals surface area contributed by atoms with Crippen molar-refractivity contribution in [1.29, 1.82) is 0 Å². The summed E-state index contributed by atoms with van der Waals surface area (Å²) in [6, 6.07) is 9.57. The molecule has 0 spiro atoms. The highest BCUT2D eigenvalue weighted by Crippen LogP contribution is 2.34. The summed E-state index contributed by atoms with van der Waals surface area (Å²) in [6.45, 7) is 0. The average Bonchev–Trinajstić information content (AvgIpc) is 3.19. The van der Waals surface area contributed by atoms with E-state index in [1.54, 1.807) is 0 Å². The van der Waals surface area contributed by atoms with Gasteiger partial charge in [0.2, 0.25) is 11.0 Å². The van der Waals surface area contributed by atoms with Gasteiger partial charge in [-0.3, -0.25) is 25.0 Å². The number of nitro groups is 1. The monoisotopic (exact) mass is 483 g/mol. The van der Waals surface area contributed by atoms with Gasteiger partial charge < -0.3 is 5.32 Å². The number of carbonyl (C=O) groups excluding carboxylic acids is 2. The highest BCUT2D eigenvalue weighted by atomic mass is 32.2. The van der Waals surface area contributed by atoms with E-state index in [2.05, 4.69) is 20.8 Å². The first-order valence-corrected chi connectivity index (χ1v) is 10.4. The first kappa shape index (κ1) is 23.1. The van der Waals surface area contributed by atoms with Crippen LogP contribution in [0.4, 0.5) is 29.7 Å². The molecule has 0 saturated carbocycles. The maximum atomic E-state index is 13.0. The Labute approximate surface area is 186 Å². The van der Waals surface area contributed by atoms with Gasteiger partial charge in [-0.05, 0) is 24.3 Å². The molecule has 2 amide bonds. The summed E-state index contributed by atoms with van der Waals surface area (Å²) >= 11 is 1.90. The molecule has 3 rings (SSSR count). The summed E-state index contributed by atoms with van der Waals surface area (Å²) in [6.07, 6.45) is -4.60. The standard InChI is InChI=1S/C18H12F3N5O4S2/c19-18(20,21)12-3-1-2-4-13(12)22-14(27)9-31-17-25-24-16(32-17)23-15(28)10-5-7-11(8-6-10)26(29)30/h1-8H,9H2,(H,22,27)(H,23,24,28). The van der Waals surface area contributed by atoms with Crippen LogP contribution >= 0.6 is 23.1 Å². The van der Waals surface area contributed by atoms with E-state index >= 15 is 0 Å². The van der Waals surface area contributed by atoms with Gasteiger partial charge in [-0.25, -0.2) is 0 Å². The highest BCUT2D eigenvalue weighted by molar-refractivity contribution is 8.01. The number of carbonyl (C=O) groups is 2. The third kappa shape index (κ3) is 6.01. The topological polar surface area (TPSA) is 127 Å². The van der Waals surface area contributed by atoms with Gasteiger partial charge in [0.25, 0.3) is 11.6 Å². The molecule has 0 atom stereocenters. The molecule has 0 saturated heterocycles. The second-order valence-electron chi connectivity index (χ2n) is 6.01. The number of anilines is 2. The van der Waals surface area contributed by atoms with Gasteiger partial charge in [0, 0.05) is 17.7 Å². The number of thioether (sulfide) groups is 1. The Balaban J connectivity index is 1.55. The molecule has 2 N–H and O–H groups in total. The lowest BCUT2D eigenvalue weighted by Crippen LogP contribution is -2.18. The molecule has 0 aliphatic heterocycles. The summed E-state index contributed by atoms with van der Waals surface area (Å²) in [5.41, 5.74) is -1.29. The van der Waals surface area contributed by atoms with Crippen molar-refractivity contribution in [2.75, 3.05) is 16.4 Å². The molecule has 1 aromatic heterocycles. The molecule has 0 unspecified atom stereocenters. The van der Waals surface area contributed by atoms with E-state index in [1.165, 1.54) is 36.4 Å². The van der Waals surface area contributed by atoms with Crippen LogP contribution in [0.1, 0.15) is 15.9 Å². The van der Waals surface area contributed by atoms with E-state index in [0.717, 1.165) is 35.2 Å². The van der Waals surface area contributed by atoms with Gasteiger partial charge in [-0.1, -0.05) is 35.2 Å². The molecule has 9 nitrogen and oxygen atoms in total. The van der Waals surface area contributed by atoms with Crippen LogP contribution in [0.25, 0.3) is 0 Å². The molecule has 166 valence electrons. The Morgan fingerprint density at radius 1 is 1.06 bits per heavy atom. The van der Waals surface area contributed by atoms with Crippen molar-refractivity contribution < 1.29 is 27.7 Å².